The number of likely N-dealkylation sites (tertiary alicyclic amines) is 1. The minimum Gasteiger partial charge on any atom is -0.338 e. The van der Waals surface area contributed by atoms with Crippen molar-refractivity contribution in [2.24, 2.45) is 10.8 Å². The first kappa shape index (κ1) is 16.8. The predicted octanol–water partition coefficient (Wildman–Crippen LogP) is 3.58. The molecule has 1 heterocycles. The van der Waals surface area contributed by atoms with Gasteiger partial charge in [-0.2, -0.15) is 0 Å². The summed E-state index contributed by atoms with van der Waals surface area (Å²) in [7, 11) is 0. The molecule has 122 valence electrons. The van der Waals surface area contributed by atoms with Crippen LogP contribution < -0.4 is 5.32 Å². The Labute approximate surface area is 130 Å². The second-order valence-corrected chi connectivity index (χ2v) is 9.12. The van der Waals surface area contributed by atoms with Crippen molar-refractivity contribution in [3.05, 3.63) is 0 Å². The average Bonchev–Trinajstić information content (AvgIpc) is 2.27. The predicted molar refractivity (Wildman–Crippen MR) is 88.2 cm³/mol. The van der Waals surface area contributed by atoms with Gasteiger partial charge in [-0.15, -0.1) is 0 Å². The van der Waals surface area contributed by atoms with E-state index in [1.165, 1.54) is 6.42 Å². The molecule has 1 atom stereocenters. The quantitative estimate of drug-likeness (QED) is 0.863. The Morgan fingerprint density at radius 1 is 1.14 bits per heavy atom. The lowest BCUT2D eigenvalue weighted by Gasteiger charge is -2.50. The van der Waals surface area contributed by atoms with Crippen molar-refractivity contribution in [3.63, 3.8) is 0 Å². The lowest BCUT2D eigenvalue weighted by Crippen LogP contribution is -2.57. The number of carbonyl (C=O) groups is 1. The SMILES string of the molecule is CC(C)NC1CCCN(C2CC(C)(C)CC(C)(C)C2)C1=O. The fraction of sp³-hybridized carbons (Fsp3) is 0.944. The number of nitrogens with zero attached hydrogens (tertiary/aromatic N) is 1. The molecule has 2 aliphatic rings. The third-order valence-corrected chi connectivity index (χ3v) is 4.98. The molecule has 0 bridgehead atoms. The van der Waals surface area contributed by atoms with Crippen LogP contribution in [0, 0.1) is 10.8 Å². The van der Waals surface area contributed by atoms with Gasteiger partial charge < -0.3 is 10.2 Å². The van der Waals surface area contributed by atoms with Gasteiger partial charge in [0, 0.05) is 18.6 Å². The van der Waals surface area contributed by atoms with Crippen LogP contribution in [0.15, 0.2) is 0 Å². The molecule has 0 spiro atoms. The van der Waals surface area contributed by atoms with Gasteiger partial charge in [-0.05, 0) is 42.9 Å². The van der Waals surface area contributed by atoms with E-state index in [4.69, 9.17) is 0 Å². The molecule has 1 unspecified atom stereocenters. The zero-order valence-electron chi connectivity index (χ0n) is 14.8. The van der Waals surface area contributed by atoms with Crippen LogP contribution in [-0.2, 0) is 4.79 Å². The van der Waals surface area contributed by atoms with Gasteiger partial charge in [0.15, 0.2) is 0 Å². The Morgan fingerprint density at radius 3 is 2.24 bits per heavy atom. The summed E-state index contributed by atoms with van der Waals surface area (Å²) in [6, 6.07) is 0.832. The lowest BCUT2D eigenvalue weighted by molar-refractivity contribution is -0.141. The van der Waals surface area contributed by atoms with Crippen LogP contribution in [0.1, 0.15) is 73.6 Å². The van der Waals surface area contributed by atoms with Gasteiger partial charge in [-0.3, -0.25) is 4.79 Å². The van der Waals surface area contributed by atoms with Crippen LogP contribution in [0.3, 0.4) is 0 Å². The maximum Gasteiger partial charge on any atom is 0.239 e. The van der Waals surface area contributed by atoms with Crippen LogP contribution in [0.5, 0.6) is 0 Å². The average molecular weight is 294 g/mol. The van der Waals surface area contributed by atoms with E-state index in [2.05, 4.69) is 51.8 Å². The monoisotopic (exact) mass is 294 g/mol. The van der Waals surface area contributed by atoms with Crippen molar-refractivity contribution in [1.29, 1.82) is 0 Å². The summed E-state index contributed by atoms with van der Waals surface area (Å²) in [6.45, 7) is 14.6. The van der Waals surface area contributed by atoms with Crippen LogP contribution in [0.2, 0.25) is 0 Å². The zero-order valence-corrected chi connectivity index (χ0v) is 14.8. The molecule has 1 N–H and O–H groups in total. The van der Waals surface area contributed by atoms with Crippen molar-refractivity contribution in [3.8, 4) is 0 Å². The second-order valence-electron chi connectivity index (χ2n) is 9.12. The molecule has 1 aliphatic heterocycles. The van der Waals surface area contributed by atoms with Gasteiger partial charge in [0.2, 0.25) is 5.91 Å². The Hall–Kier alpha value is -0.570. The largest absolute Gasteiger partial charge is 0.338 e. The summed E-state index contributed by atoms with van der Waals surface area (Å²) in [5.41, 5.74) is 0.677. The summed E-state index contributed by atoms with van der Waals surface area (Å²) < 4.78 is 0. The second kappa shape index (κ2) is 5.91. The Morgan fingerprint density at radius 2 is 1.71 bits per heavy atom. The Bertz CT molecular complexity index is 371. The summed E-state index contributed by atoms with van der Waals surface area (Å²) in [5, 5.41) is 3.45. The maximum absolute atomic E-state index is 12.8. The van der Waals surface area contributed by atoms with Crippen LogP contribution in [-0.4, -0.2) is 35.5 Å². The molecule has 1 amide bonds. The molecule has 1 aliphatic carbocycles. The summed E-state index contributed by atoms with van der Waals surface area (Å²) in [4.78, 5) is 15.0. The van der Waals surface area contributed by atoms with E-state index >= 15 is 0 Å². The summed E-state index contributed by atoms with van der Waals surface area (Å²) >= 11 is 0. The summed E-state index contributed by atoms with van der Waals surface area (Å²) in [6.07, 6.45) is 5.68. The van der Waals surface area contributed by atoms with E-state index in [0.717, 1.165) is 32.2 Å². The van der Waals surface area contributed by atoms with Crippen molar-refractivity contribution < 1.29 is 4.79 Å². The van der Waals surface area contributed by atoms with Crippen LogP contribution >= 0.6 is 0 Å². The molecule has 0 radical (unpaired) electrons. The Balaban J connectivity index is 2.11. The molecule has 3 heteroatoms. The fourth-order valence-electron chi connectivity index (χ4n) is 4.83. The van der Waals surface area contributed by atoms with E-state index in [1.807, 2.05) is 0 Å². The van der Waals surface area contributed by atoms with Crippen LogP contribution in [0.4, 0.5) is 0 Å². The normalized spacial score (nSPS) is 30.0. The molecule has 1 saturated carbocycles. The van der Waals surface area contributed by atoms with Gasteiger partial charge >= 0.3 is 0 Å². The molecular weight excluding hydrogens is 260 g/mol. The zero-order chi connectivity index (χ0) is 15.8. The van der Waals surface area contributed by atoms with E-state index in [9.17, 15) is 4.79 Å². The molecular formula is C18H34N2O. The summed E-state index contributed by atoms with van der Waals surface area (Å²) in [5.74, 6) is 0.341. The number of hydrogen-bond donors (Lipinski definition) is 1. The minimum atomic E-state index is 0.0342. The van der Waals surface area contributed by atoms with Gasteiger partial charge in [0.05, 0.1) is 6.04 Å². The first-order valence-electron chi connectivity index (χ1n) is 8.66. The van der Waals surface area contributed by atoms with Gasteiger partial charge in [0.1, 0.15) is 0 Å². The van der Waals surface area contributed by atoms with E-state index in [1.54, 1.807) is 0 Å². The van der Waals surface area contributed by atoms with Gasteiger partial charge in [0.25, 0.3) is 0 Å². The molecule has 0 aromatic carbocycles. The highest BCUT2D eigenvalue weighted by Gasteiger charge is 2.43. The lowest BCUT2D eigenvalue weighted by atomic mass is 9.63. The number of rotatable bonds is 3. The highest BCUT2D eigenvalue weighted by Crippen LogP contribution is 2.47. The van der Waals surface area contributed by atoms with Gasteiger partial charge in [-0.1, -0.05) is 41.5 Å². The molecule has 2 fully saturated rings. The molecule has 0 aromatic rings. The smallest absolute Gasteiger partial charge is 0.239 e. The molecule has 2 rings (SSSR count). The first-order valence-corrected chi connectivity index (χ1v) is 8.66. The van der Waals surface area contributed by atoms with E-state index < -0.39 is 0 Å². The number of hydrogen-bond acceptors (Lipinski definition) is 2. The number of carbonyl (C=O) groups excluding carboxylic acids is 1. The minimum absolute atomic E-state index is 0.0342. The number of amides is 1. The highest BCUT2D eigenvalue weighted by atomic mass is 16.2. The van der Waals surface area contributed by atoms with Crippen molar-refractivity contribution in [2.45, 2.75) is 91.8 Å². The van der Waals surface area contributed by atoms with Crippen molar-refractivity contribution in [1.82, 2.24) is 10.2 Å². The first-order chi connectivity index (χ1) is 9.60. The topological polar surface area (TPSA) is 32.3 Å². The fourth-order valence-corrected chi connectivity index (χ4v) is 4.83. The molecule has 1 saturated heterocycles. The third-order valence-electron chi connectivity index (χ3n) is 4.98. The van der Waals surface area contributed by atoms with Crippen molar-refractivity contribution in [2.75, 3.05) is 6.54 Å². The van der Waals surface area contributed by atoms with Crippen molar-refractivity contribution >= 4 is 5.91 Å². The van der Waals surface area contributed by atoms with E-state index in [-0.39, 0.29) is 6.04 Å². The Kier molecular flexibility index (Phi) is 4.72. The number of nitrogens with one attached hydrogen (secondary N) is 1. The van der Waals surface area contributed by atoms with E-state index in [0.29, 0.717) is 28.8 Å². The standard InChI is InChI=1S/C18H34N2O/c1-13(2)19-15-8-7-9-20(16(15)21)14-10-17(3,4)12-18(5,6)11-14/h13-15,19H,7-12H2,1-6H3. The number of piperidine rings is 1. The molecule has 3 nitrogen and oxygen atoms in total. The highest BCUT2D eigenvalue weighted by molar-refractivity contribution is 5.83. The van der Waals surface area contributed by atoms with Gasteiger partial charge in [-0.25, -0.2) is 0 Å². The van der Waals surface area contributed by atoms with Crippen LogP contribution in [0.25, 0.3) is 0 Å². The maximum atomic E-state index is 12.8. The molecule has 21 heavy (non-hydrogen) atoms. The third kappa shape index (κ3) is 4.21. The molecule has 0 aromatic heterocycles.